The number of halogens is 2. The predicted octanol–water partition coefficient (Wildman–Crippen LogP) is -2.72. The van der Waals surface area contributed by atoms with Gasteiger partial charge in [0.2, 0.25) is 0 Å². The molecule has 4 heteroatoms. The molecular weight excluding hydrogens is 454 g/mol. The van der Waals surface area contributed by atoms with Crippen LogP contribution in [0, 0.1) is 10.4 Å². The van der Waals surface area contributed by atoms with Gasteiger partial charge in [-0.1, -0.05) is 64.4 Å². The van der Waals surface area contributed by atoms with Crippen LogP contribution in [0.1, 0.15) is 37.8 Å². The van der Waals surface area contributed by atoms with Gasteiger partial charge in [0.05, 0.1) is 0 Å². The third-order valence-electron chi connectivity index (χ3n) is 4.93. The Morgan fingerprint density at radius 3 is 2.48 bits per heavy atom. The van der Waals surface area contributed by atoms with Gasteiger partial charge in [0, 0.05) is 6.61 Å². The van der Waals surface area contributed by atoms with Crippen molar-refractivity contribution in [3.63, 3.8) is 0 Å². The molecule has 2 aromatic carbocycles. The van der Waals surface area contributed by atoms with E-state index in [2.05, 4.69) is 68.5 Å². The molecule has 0 aromatic heterocycles. The summed E-state index contributed by atoms with van der Waals surface area (Å²) < 4.78 is 0. The van der Waals surface area contributed by atoms with Crippen molar-refractivity contribution in [1.29, 1.82) is 0 Å². The molecule has 2 aliphatic carbocycles. The van der Waals surface area contributed by atoms with Crippen LogP contribution in [-0.2, 0) is 26.2 Å². The molecule has 1 nitrogen and oxygen atoms in total. The average Bonchev–Trinajstić information content (AvgIpc) is 3.18. The molecule has 0 aliphatic heterocycles. The molecule has 0 saturated heterocycles. The molecule has 0 atom stereocenters. The third kappa shape index (κ3) is 4.25. The molecule has 0 bridgehead atoms. The van der Waals surface area contributed by atoms with E-state index in [0.29, 0.717) is 6.42 Å². The second kappa shape index (κ2) is 10.0. The van der Waals surface area contributed by atoms with Crippen molar-refractivity contribution in [3.8, 4) is 0 Å². The summed E-state index contributed by atoms with van der Waals surface area (Å²) >= 11 is 0. The van der Waals surface area contributed by atoms with Crippen molar-refractivity contribution in [2.24, 2.45) is 0 Å². The third-order valence-corrected chi connectivity index (χ3v) is 4.93. The number of benzene rings is 2. The van der Waals surface area contributed by atoms with Crippen LogP contribution in [0.25, 0.3) is 17.2 Å². The van der Waals surface area contributed by atoms with Crippen molar-refractivity contribution < 1.29 is 56.1 Å². The van der Waals surface area contributed by atoms with E-state index in [1.165, 1.54) is 48.7 Å². The number of allylic oxidation sites excluding steroid dienone is 3. The standard InChI is InChI=1S/C23H21O.2ClH.Zr/c1-15(2)18-10-11-21-19-8-4-3-6-17(19)14-22(21)23(18)20-9-5-7-16(20)12-13-24;;;/h3-8,10-11,24H,9,12-13H2,1-2H3;2*1H;/q-1;;;+3/p-2. The van der Waals surface area contributed by atoms with Crippen LogP contribution >= 0.6 is 0 Å². The fraction of sp³-hybridized carbons (Fsp3) is 0.217. The van der Waals surface area contributed by atoms with Crippen LogP contribution in [0.2, 0.25) is 0 Å². The quantitative estimate of drug-likeness (QED) is 0.409. The van der Waals surface area contributed by atoms with Crippen molar-refractivity contribution in [1.82, 2.24) is 0 Å². The maximum Gasteiger partial charge on any atom is 3.00 e. The average molecular weight is 476 g/mol. The van der Waals surface area contributed by atoms with Crippen LogP contribution < -0.4 is 35.3 Å². The number of aliphatic hydroxyl groups is 1. The first-order chi connectivity index (χ1) is 11.7. The summed E-state index contributed by atoms with van der Waals surface area (Å²) in [6, 6.07) is 13.0. The summed E-state index contributed by atoms with van der Waals surface area (Å²) in [6.07, 6.45) is 9.66. The van der Waals surface area contributed by atoms with Crippen molar-refractivity contribution in [3.05, 3.63) is 86.1 Å². The van der Waals surface area contributed by atoms with E-state index in [1.807, 2.05) is 0 Å². The van der Waals surface area contributed by atoms with E-state index in [-0.39, 0.29) is 57.6 Å². The molecule has 0 spiro atoms. The molecule has 2 aliphatic rings. The Morgan fingerprint density at radius 1 is 1.04 bits per heavy atom. The minimum absolute atomic E-state index is 0. The Labute approximate surface area is 191 Å². The van der Waals surface area contributed by atoms with Crippen molar-refractivity contribution in [2.45, 2.75) is 26.7 Å². The number of aliphatic hydroxyl groups excluding tert-OH is 1. The predicted molar refractivity (Wildman–Crippen MR) is 99.5 cm³/mol. The SMILES string of the molecule is CC(C)=c1ccc2c(c1C1=C(CCO)C=CC1)[C-]=c1ccccc1=2.[Cl-].[Cl-].[Zr+3]. The fourth-order valence-electron chi connectivity index (χ4n) is 3.82. The van der Waals surface area contributed by atoms with Gasteiger partial charge in [-0.05, 0) is 32.3 Å². The molecule has 0 saturated carbocycles. The van der Waals surface area contributed by atoms with Gasteiger partial charge in [0.25, 0.3) is 0 Å². The zero-order valence-electron chi connectivity index (χ0n) is 15.4. The van der Waals surface area contributed by atoms with E-state index in [4.69, 9.17) is 0 Å². The molecule has 137 valence electrons. The van der Waals surface area contributed by atoms with Gasteiger partial charge < -0.3 is 29.9 Å². The minimum Gasteiger partial charge on any atom is -1.00 e. The molecule has 4 rings (SSSR count). The summed E-state index contributed by atoms with van der Waals surface area (Å²) in [4.78, 5) is 0. The van der Waals surface area contributed by atoms with Crippen LogP contribution in [0.4, 0.5) is 0 Å². The normalized spacial score (nSPS) is 13.0. The maximum absolute atomic E-state index is 9.42. The van der Waals surface area contributed by atoms with Gasteiger partial charge >= 0.3 is 26.2 Å². The second-order valence-electron chi connectivity index (χ2n) is 6.67. The van der Waals surface area contributed by atoms with E-state index in [1.54, 1.807) is 0 Å². The van der Waals surface area contributed by atoms with Crippen LogP contribution in [-0.4, -0.2) is 11.7 Å². The molecule has 0 fully saturated rings. The monoisotopic (exact) mass is 473 g/mol. The zero-order chi connectivity index (χ0) is 16.7. The summed E-state index contributed by atoms with van der Waals surface area (Å²) in [5, 5.41) is 14.4. The second-order valence-corrected chi connectivity index (χ2v) is 6.67. The molecule has 1 N–H and O–H groups in total. The molecule has 0 amide bonds. The number of fused-ring (bicyclic) bond motifs is 2. The molecule has 2 aromatic rings. The number of hydrogen-bond acceptors (Lipinski definition) is 1. The number of hydrogen-bond donors (Lipinski definition) is 1. The van der Waals surface area contributed by atoms with E-state index in [0.717, 1.165) is 6.42 Å². The van der Waals surface area contributed by atoms with Gasteiger partial charge in [-0.15, -0.1) is 33.4 Å². The fourth-order valence-corrected chi connectivity index (χ4v) is 3.82. The summed E-state index contributed by atoms with van der Waals surface area (Å²) in [5.74, 6) is 0. The number of rotatable bonds is 3. The van der Waals surface area contributed by atoms with Gasteiger partial charge in [-0.2, -0.15) is 0 Å². The van der Waals surface area contributed by atoms with Crippen LogP contribution in [0.15, 0.2) is 54.1 Å². The van der Waals surface area contributed by atoms with Gasteiger partial charge in [0.1, 0.15) is 0 Å². The Morgan fingerprint density at radius 2 is 1.78 bits per heavy atom. The summed E-state index contributed by atoms with van der Waals surface area (Å²) in [5.41, 5.74) is 6.43. The van der Waals surface area contributed by atoms with Gasteiger partial charge in [0.15, 0.2) is 0 Å². The first kappa shape index (κ1) is 24.1. The van der Waals surface area contributed by atoms with Crippen molar-refractivity contribution >= 4 is 17.2 Å². The summed E-state index contributed by atoms with van der Waals surface area (Å²) in [7, 11) is 0. The molecule has 0 unspecified atom stereocenters. The van der Waals surface area contributed by atoms with Crippen molar-refractivity contribution in [2.75, 3.05) is 6.61 Å². The Kier molecular flexibility index (Phi) is 8.96. The molecule has 27 heavy (non-hydrogen) atoms. The Hall–Kier alpha value is -0.917. The largest absolute Gasteiger partial charge is 3.00 e. The zero-order valence-corrected chi connectivity index (χ0v) is 19.4. The van der Waals surface area contributed by atoms with Crippen LogP contribution in [0.3, 0.4) is 0 Å². The minimum atomic E-state index is 0. The first-order valence-electron chi connectivity index (χ1n) is 8.54. The van der Waals surface area contributed by atoms with Gasteiger partial charge in [-0.3, -0.25) is 0 Å². The van der Waals surface area contributed by atoms with E-state index < -0.39 is 0 Å². The van der Waals surface area contributed by atoms with E-state index >= 15 is 0 Å². The molecular formula is C23H21Cl2OZr. The Balaban J connectivity index is 0.00000121. The first-order valence-corrected chi connectivity index (χ1v) is 8.54. The van der Waals surface area contributed by atoms with Gasteiger partial charge in [-0.25, -0.2) is 0 Å². The molecule has 1 radical (unpaired) electrons. The topological polar surface area (TPSA) is 20.2 Å². The molecule has 0 heterocycles. The summed E-state index contributed by atoms with van der Waals surface area (Å²) in [6.45, 7) is 4.53. The smallest absolute Gasteiger partial charge is 1.00 e. The maximum atomic E-state index is 9.42. The van der Waals surface area contributed by atoms with E-state index in [9.17, 15) is 5.11 Å². The van der Waals surface area contributed by atoms with Crippen LogP contribution in [0.5, 0.6) is 0 Å². The Bertz CT molecular complexity index is 1110.